The highest BCUT2D eigenvalue weighted by molar-refractivity contribution is 6.08. The van der Waals surface area contributed by atoms with Gasteiger partial charge in [-0.25, -0.2) is 4.79 Å². The summed E-state index contributed by atoms with van der Waals surface area (Å²) in [6.07, 6.45) is 0. The number of methoxy groups -OCH3 is 1. The van der Waals surface area contributed by atoms with Gasteiger partial charge in [0.1, 0.15) is 11.5 Å². The fraction of sp³-hybridized carbons (Fsp3) is 0.200. The molecule has 32 heavy (non-hydrogen) atoms. The normalized spacial score (nSPS) is 15.7. The third-order valence-corrected chi connectivity index (χ3v) is 5.39. The lowest BCUT2D eigenvalue weighted by Crippen LogP contribution is -2.46. The average Bonchev–Trinajstić information content (AvgIpc) is 2.79. The molecule has 0 aliphatic carbocycles. The SMILES string of the molecule is CCOc1ccccc1NC(=O)C1=C(C)NC(=O)N[C@@H]1c1c(OC)ccc2ccccc12. The summed E-state index contributed by atoms with van der Waals surface area (Å²) in [5.74, 6) is 0.819. The van der Waals surface area contributed by atoms with Crippen LogP contribution in [0, 0.1) is 0 Å². The van der Waals surface area contributed by atoms with E-state index in [2.05, 4.69) is 16.0 Å². The Balaban J connectivity index is 1.81. The third kappa shape index (κ3) is 3.97. The minimum absolute atomic E-state index is 0.345. The number of hydrogen-bond acceptors (Lipinski definition) is 4. The van der Waals surface area contributed by atoms with Crippen LogP contribution in [0.5, 0.6) is 11.5 Å². The number of hydrogen-bond donors (Lipinski definition) is 3. The second-order valence-corrected chi connectivity index (χ2v) is 7.36. The van der Waals surface area contributed by atoms with Crippen LogP contribution in [0.4, 0.5) is 10.5 Å². The van der Waals surface area contributed by atoms with Gasteiger partial charge >= 0.3 is 6.03 Å². The average molecular weight is 431 g/mol. The van der Waals surface area contributed by atoms with Crippen molar-refractivity contribution in [3.8, 4) is 11.5 Å². The fourth-order valence-electron chi connectivity index (χ4n) is 4.00. The maximum Gasteiger partial charge on any atom is 0.319 e. The van der Waals surface area contributed by atoms with Crippen LogP contribution in [0.15, 0.2) is 71.9 Å². The Morgan fingerprint density at radius 3 is 2.56 bits per heavy atom. The predicted octanol–water partition coefficient (Wildman–Crippen LogP) is 4.51. The highest BCUT2D eigenvalue weighted by Gasteiger charge is 2.34. The summed E-state index contributed by atoms with van der Waals surface area (Å²) < 4.78 is 11.3. The molecule has 1 aliphatic rings. The number of carbonyl (C=O) groups is 2. The van der Waals surface area contributed by atoms with Crippen molar-refractivity contribution >= 4 is 28.4 Å². The molecule has 3 aromatic carbocycles. The van der Waals surface area contributed by atoms with E-state index in [1.807, 2.05) is 55.5 Å². The van der Waals surface area contributed by atoms with Crippen LogP contribution in [0.3, 0.4) is 0 Å². The zero-order valence-corrected chi connectivity index (χ0v) is 18.2. The molecule has 7 nitrogen and oxygen atoms in total. The maximum atomic E-state index is 13.5. The van der Waals surface area contributed by atoms with Crippen LogP contribution in [0.25, 0.3) is 10.8 Å². The van der Waals surface area contributed by atoms with Crippen LogP contribution in [0.1, 0.15) is 25.5 Å². The summed E-state index contributed by atoms with van der Waals surface area (Å²) in [4.78, 5) is 25.9. The first-order valence-electron chi connectivity index (χ1n) is 10.4. The van der Waals surface area contributed by atoms with Gasteiger partial charge in [0, 0.05) is 11.3 Å². The van der Waals surface area contributed by atoms with Gasteiger partial charge in [0.25, 0.3) is 5.91 Å². The summed E-state index contributed by atoms with van der Waals surface area (Å²) in [5.41, 5.74) is 2.15. The van der Waals surface area contributed by atoms with Gasteiger partial charge in [0.2, 0.25) is 0 Å². The van der Waals surface area contributed by atoms with Gasteiger partial charge in [0.15, 0.2) is 0 Å². The minimum atomic E-state index is -0.705. The molecule has 0 radical (unpaired) electrons. The fourth-order valence-corrected chi connectivity index (χ4v) is 4.00. The highest BCUT2D eigenvalue weighted by atomic mass is 16.5. The van der Waals surface area contributed by atoms with E-state index in [1.165, 1.54) is 0 Å². The summed E-state index contributed by atoms with van der Waals surface area (Å²) in [7, 11) is 1.57. The van der Waals surface area contributed by atoms with Crippen molar-refractivity contribution in [3.63, 3.8) is 0 Å². The topological polar surface area (TPSA) is 88.7 Å². The van der Waals surface area contributed by atoms with Gasteiger partial charge in [0.05, 0.1) is 31.0 Å². The van der Waals surface area contributed by atoms with Gasteiger partial charge < -0.3 is 25.4 Å². The zero-order valence-electron chi connectivity index (χ0n) is 18.2. The summed E-state index contributed by atoms with van der Waals surface area (Å²) in [6.45, 7) is 4.07. The standard InChI is InChI=1S/C25H25N3O4/c1-4-32-19-12-8-7-11-18(19)27-24(29)21-15(2)26-25(30)28-23(21)22-17-10-6-5-9-16(17)13-14-20(22)31-3/h5-14,23H,4H2,1-3H3,(H,27,29)(H2,26,28,30)/t23-/m0/s1. The lowest BCUT2D eigenvalue weighted by molar-refractivity contribution is -0.113. The minimum Gasteiger partial charge on any atom is -0.496 e. The third-order valence-electron chi connectivity index (χ3n) is 5.39. The Morgan fingerprint density at radius 2 is 1.78 bits per heavy atom. The number of fused-ring (bicyclic) bond motifs is 1. The number of rotatable bonds is 6. The van der Waals surface area contributed by atoms with E-state index < -0.39 is 6.04 Å². The van der Waals surface area contributed by atoms with E-state index in [4.69, 9.17) is 9.47 Å². The molecule has 164 valence electrons. The van der Waals surface area contributed by atoms with E-state index >= 15 is 0 Å². The molecule has 0 bridgehead atoms. The Labute approximate surface area is 186 Å². The number of ether oxygens (including phenoxy) is 2. The molecule has 3 N–H and O–H groups in total. The molecule has 4 rings (SSSR count). The summed E-state index contributed by atoms with van der Waals surface area (Å²) >= 11 is 0. The zero-order chi connectivity index (χ0) is 22.7. The number of nitrogens with one attached hydrogen (secondary N) is 3. The largest absolute Gasteiger partial charge is 0.496 e. The molecule has 0 spiro atoms. The quantitative estimate of drug-likeness (QED) is 0.536. The van der Waals surface area contributed by atoms with E-state index in [0.717, 1.165) is 16.3 Å². The van der Waals surface area contributed by atoms with Crippen LogP contribution in [0.2, 0.25) is 0 Å². The van der Waals surface area contributed by atoms with Gasteiger partial charge in [-0.1, -0.05) is 42.5 Å². The van der Waals surface area contributed by atoms with Crippen molar-refractivity contribution in [2.45, 2.75) is 19.9 Å². The summed E-state index contributed by atoms with van der Waals surface area (Å²) in [6, 6.07) is 17.8. The van der Waals surface area contributed by atoms with Crippen molar-refractivity contribution in [2.75, 3.05) is 19.0 Å². The highest BCUT2D eigenvalue weighted by Crippen LogP contribution is 2.39. The van der Waals surface area contributed by atoms with Crippen LogP contribution in [-0.4, -0.2) is 25.7 Å². The van der Waals surface area contributed by atoms with Gasteiger partial charge in [-0.3, -0.25) is 4.79 Å². The van der Waals surface area contributed by atoms with Crippen molar-refractivity contribution in [1.29, 1.82) is 0 Å². The van der Waals surface area contributed by atoms with Crippen molar-refractivity contribution in [2.24, 2.45) is 0 Å². The molecule has 0 saturated heterocycles. The monoisotopic (exact) mass is 431 g/mol. The molecule has 3 amide bonds. The first-order valence-corrected chi connectivity index (χ1v) is 10.4. The summed E-state index contributed by atoms with van der Waals surface area (Å²) in [5, 5.41) is 10.4. The lowest BCUT2D eigenvalue weighted by atomic mass is 9.90. The molecule has 1 aliphatic heterocycles. The van der Waals surface area contributed by atoms with Gasteiger partial charge in [-0.05, 0) is 42.8 Å². The van der Waals surface area contributed by atoms with Gasteiger partial charge in [-0.2, -0.15) is 0 Å². The number of allylic oxidation sites excluding steroid dienone is 1. The first-order chi connectivity index (χ1) is 15.5. The number of para-hydroxylation sites is 2. The number of amides is 3. The van der Waals surface area contributed by atoms with E-state index in [1.54, 1.807) is 26.2 Å². The smallest absolute Gasteiger partial charge is 0.319 e. The molecule has 1 atom stereocenters. The molecule has 0 unspecified atom stereocenters. The molecular weight excluding hydrogens is 406 g/mol. The van der Waals surface area contributed by atoms with Gasteiger partial charge in [-0.15, -0.1) is 0 Å². The molecular formula is C25H25N3O4. The number of benzene rings is 3. The Morgan fingerprint density at radius 1 is 1.03 bits per heavy atom. The first kappa shape index (κ1) is 21.2. The number of anilines is 1. The molecule has 0 saturated carbocycles. The molecule has 7 heteroatoms. The van der Waals surface area contributed by atoms with Crippen LogP contribution >= 0.6 is 0 Å². The van der Waals surface area contributed by atoms with E-state index in [9.17, 15) is 9.59 Å². The van der Waals surface area contributed by atoms with Crippen molar-refractivity contribution in [3.05, 3.63) is 77.5 Å². The number of urea groups is 1. The second-order valence-electron chi connectivity index (χ2n) is 7.36. The molecule has 1 heterocycles. The second kappa shape index (κ2) is 9.01. The van der Waals surface area contributed by atoms with Crippen molar-refractivity contribution in [1.82, 2.24) is 10.6 Å². The van der Waals surface area contributed by atoms with Crippen molar-refractivity contribution < 1.29 is 19.1 Å². The molecule has 3 aromatic rings. The number of carbonyl (C=O) groups excluding carboxylic acids is 2. The molecule has 0 aromatic heterocycles. The predicted molar refractivity (Wildman–Crippen MR) is 124 cm³/mol. The van der Waals surface area contributed by atoms with Crippen LogP contribution in [-0.2, 0) is 4.79 Å². The van der Waals surface area contributed by atoms with Crippen LogP contribution < -0.4 is 25.4 Å². The maximum absolute atomic E-state index is 13.5. The van der Waals surface area contributed by atoms with E-state index in [-0.39, 0.29) is 11.9 Å². The lowest BCUT2D eigenvalue weighted by Gasteiger charge is -2.30. The molecule has 0 fully saturated rings. The van der Waals surface area contributed by atoms with E-state index in [0.29, 0.717) is 35.1 Å². The Bertz CT molecular complexity index is 1220. The Kier molecular flexibility index (Phi) is 5.98. The Hall–Kier alpha value is -4.00.